The normalized spacial score (nSPS) is 18.5. The second kappa shape index (κ2) is 8.58. The van der Waals surface area contributed by atoms with Gasteiger partial charge in [-0.25, -0.2) is 4.39 Å². The Hall–Kier alpha value is -2.69. The number of piperidine rings is 1. The number of nitrogens with one attached hydrogen (secondary N) is 1. The molecule has 30 heavy (non-hydrogen) atoms. The highest BCUT2D eigenvalue weighted by molar-refractivity contribution is 5.84. The molecule has 4 nitrogen and oxygen atoms in total. The van der Waals surface area contributed by atoms with Crippen molar-refractivity contribution in [3.05, 3.63) is 59.9 Å². The second-order valence-corrected chi connectivity index (χ2v) is 8.66. The molecule has 1 heterocycles. The number of carbonyl (C=O) groups excluding carboxylic acids is 2. The van der Waals surface area contributed by atoms with Gasteiger partial charge in [0.25, 0.3) is 0 Å². The third-order valence-corrected chi connectivity index (χ3v) is 6.88. The van der Waals surface area contributed by atoms with Crippen LogP contribution in [0.3, 0.4) is 0 Å². The molecule has 5 heteroatoms. The van der Waals surface area contributed by atoms with Crippen molar-refractivity contribution in [2.75, 3.05) is 20.1 Å². The molecule has 1 aliphatic carbocycles. The summed E-state index contributed by atoms with van der Waals surface area (Å²) in [7, 11) is 1.68. The molecule has 0 spiro atoms. The van der Waals surface area contributed by atoms with Gasteiger partial charge in [0.15, 0.2) is 0 Å². The van der Waals surface area contributed by atoms with Crippen LogP contribution in [0.5, 0.6) is 0 Å². The Balaban J connectivity index is 1.58. The predicted octanol–water partition coefficient (Wildman–Crippen LogP) is 4.19. The lowest BCUT2D eigenvalue weighted by Gasteiger charge is -2.42. The highest BCUT2D eigenvalue weighted by atomic mass is 19.1. The Bertz CT molecular complexity index is 930. The largest absolute Gasteiger partial charge is 0.359 e. The number of rotatable bonds is 5. The fourth-order valence-electron chi connectivity index (χ4n) is 4.79. The minimum atomic E-state index is -0.561. The standard InChI is InChI=1S/C25H29FN2O2/c1-27-24(30)25(12-14-28(15-13-25)23(29)18-7-4-8-18)17-20-6-2-3-11-22(20)19-9-5-10-21(26)16-19/h2-3,5-6,9-11,16,18H,4,7-8,12-15,17H2,1H3,(H,27,30). The van der Waals surface area contributed by atoms with E-state index in [0.717, 1.165) is 36.0 Å². The number of hydrogen-bond acceptors (Lipinski definition) is 2. The predicted molar refractivity (Wildman–Crippen MR) is 115 cm³/mol. The summed E-state index contributed by atoms with van der Waals surface area (Å²) in [6.45, 7) is 1.23. The third-order valence-electron chi connectivity index (χ3n) is 6.88. The van der Waals surface area contributed by atoms with E-state index in [4.69, 9.17) is 0 Å². The van der Waals surface area contributed by atoms with Crippen molar-refractivity contribution < 1.29 is 14.0 Å². The maximum Gasteiger partial charge on any atom is 0.226 e. The van der Waals surface area contributed by atoms with E-state index in [9.17, 15) is 14.0 Å². The lowest BCUT2D eigenvalue weighted by atomic mass is 9.71. The van der Waals surface area contributed by atoms with Crippen molar-refractivity contribution in [3.63, 3.8) is 0 Å². The Morgan fingerprint density at radius 2 is 1.83 bits per heavy atom. The van der Waals surface area contributed by atoms with Gasteiger partial charge in [-0.1, -0.05) is 42.8 Å². The maximum absolute atomic E-state index is 13.8. The molecule has 0 radical (unpaired) electrons. The first-order valence-electron chi connectivity index (χ1n) is 10.9. The van der Waals surface area contributed by atoms with Crippen LogP contribution in [0, 0.1) is 17.2 Å². The molecule has 4 rings (SSSR count). The molecule has 0 atom stereocenters. The van der Waals surface area contributed by atoms with Gasteiger partial charge >= 0.3 is 0 Å². The van der Waals surface area contributed by atoms with E-state index in [-0.39, 0.29) is 23.5 Å². The molecule has 1 aliphatic heterocycles. The van der Waals surface area contributed by atoms with Crippen LogP contribution >= 0.6 is 0 Å². The molecule has 2 aromatic carbocycles. The van der Waals surface area contributed by atoms with Crippen molar-refractivity contribution in [2.24, 2.45) is 11.3 Å². The van der Waals surface area contributed by atoms with Gasteiger partial charge in [-0.3, -0.25) is 9.59 Å². The summed E-state index contributed by atoms with van der Waals surface area (Å²) in [5, 5.41) is 2.85. The average molecular weight is 409 g/mol. The molecule has 2 fully saturated rings. The van der Waals surface area contributed by atoms with Crippen LogP contribution in [0.4, 0.5) is 4.39 Å². The van der Waals surface area contributed by atoms with Gasteiger partial charge in [0, 0.05) is 26.1 Å². The molecule has 158 valence electrons. The molecule has 1 N–H and O–H groups in total. The van der Waals surface area contributed by atoms with Gasteiger partial charge in [0.05, 0.1) is 5.41 Å². The van der Waals surface area contributed by atoms with Crippen molar-refractivity contribution in [2.45, 2.75) is 38.5 Å². The number of hydrogen-bond donors (Lipinski definition) is 1. The van der Waals surface area contributed by atoms with Gasteiger partial charge < -0.3 is 10.2 Å². The van der Waals surface area contributed by atoms with Crippen LogP contribution in [-0.2, 0) is 16.0 Å². The Morgan fingerprint density at radius 3 is 2.47 bits per heavy atom. The van der Waals surface area contributed by atoms with E-state index in [1.807, 2.05) is 35.2 Å². The number of benzene rings is 2. The van der Waals surface area contributed by atoms with Gasteiger partial charge in [-0.05, 0) is 60.9 Å². The van der Waals surface area contributed by atoms with Crippen LogP contribution in [0.25, 0.3) is 11.1 Å². The molecule has 0 aromatic heterocycles. The lowest BCUT2D eigenvalue weighted by molar-refractivity contribution is -0.144. The molecular weight excluding hydrogens is 379 g/mol. The van der Waals surface area contributed by atoms with E-state index < -0.39 is 5.41 Å². The van der Waals surface area contributed by atoms with Crippen LogP contribution in [0.2, 0.25) is 0 Å². The zero-order valence-corrected chi connectivity index (χ0v) is 17.5. The van der Waals surface area contributed by atoms with Gasteiger partial charge in [0.2, 0.25) is 11.8 Å². The van der Waals surface area contributed by atoms with Crippen molar-refractivity contribution in [1.29, 1.82) is 0 Å². The van der Waals surface area contributed by atoms with E-state index in [0.29, 0.717) is 32.4 Å². The fraction of sp³-hybridized carbons (Fsp3) is 0.440. The van der Waals surface area contributed by atoms with E-state index >= 15 is 0 Å². The molecule has 2 aromatic rings. The van der Waals surface area contributed by atoms with Gasteiger partial charge in [-0.2, -0.15) is 0 Å². The quantitative estimate of drug-likeness (QED) is 0.807. The van der Waals surface area contributed by atoms with Crippen LogP contribution < -0.4 is 5.32 Å². The lowest BCUT2D eigenvalue weighted by Crippen LogP contribution is -2.52. The number of nitrogens with zero attached hydrogens (tertiary/aromatic N) is 1. The summed E-state index contributed by atoms with van der Waals surface area (Å²) < 4.78 is 13.8. The highest BCUT2D eigenvalue weighted by Crippen LogP contribution is 2.39. The topological polar surface area (TPSA) is 49.4 Å². The summed E-state index contributed by atoms with van der Waals surface area (Å²) in [4.78, 5) is 27.6. The van der Waals surface area contributed by atoms with E-state index in [1.165, 1.54) is 12.1 Å². The van der Waals surface area contributed by atoms with Crippen LogP contribution in [-0.4, -0.2) is 36.9 Å². The van der Waals surface area contributed by atoms with Crippen molar-refractivity contribution in [3.8, 4) is 11.1 Å². The first kappa shape index (κ1) is 20.6. The number of halogens is 1. The maximum atomic E-state index is 13.8. The molecule has 1 saturated heterocycles. The van der Waals surface area contributed by atoms with Crippen LogP contribution in [0.1, 0.15) is 37.7 Å². The summed E-state index contributed by atoms with van der Waals surface area (Å²) >= 11 is 0. The van der Waals surface area contributed by atoms with Crippen LogP contribution in [0.15, 0.2) is 48.5 Å². The minimum Gasteiger partial charge on any atom is -0.359 e. The SMILES string of the molecule is CNC(=O)C1(Cc2ccccc2-c2cccc(F)c2)CCN(C(=O)C2CCC2)CC1. The Labute approximate surface area is 177 Å². The third kappa shape index (κ3) is 3.98. The molecule has 0 bridgehead atoms. The first-order chi connectivity index (χ1) is 14.5. The van der Waals surface area contributed by atoms with E-state index in [1.54, 1.807) is 13.1 Å². The molecule has 0 unspecified atom stereocenters. The second-order valence-electron chi connectivity index (χ2n) is 8.66. The number of carbonyl (C=O) groups is 2. The summed E-state index contributed by atoms with van der Waals surface area (Å²) in [5.74, 6) is 0.191. The van der Waals surface area contributed by atoms with Gasteiger partial charge in [-0.15, -0.1) is 0 Å². The molecule has 2 aliphatic rings. The Kier molecular flexibility index (Phi) is 5.89. The van der Waals surface area contributed by atoms with Crippen molar-refractivity contribution >= 4 is 11.8 Å². The smallest absolute Gasteiger partial charge is 0.226 e. The summed E-state index contributed by atoms with van der Waals surface area (Å²) in [5.41, 5.74) is 2.24. The first-order valence-corrected chi connectivity index (χ1v) is 10.9. The molecular formula is C25H29FN2O2. The minimum absolute atomic E-state index is 0.0206. The van der Waals surface area contributed by atoms with Gasteiger partial charge in [0.1, 0.15) is 5.82 Å². The van der Waals surface area contributed by atoms with Crippen molar-refractivity contribution in [1.82, 2.24) is 10.2 Å². The fourth-order valence-corrected chi connectivity index (χ4v) is 4.79. The summed E-state index contributed by atoms with van der Waals surface area (Å²) in [6.07, 6.45) is 4.99. The van der Waals surface area contributed by atoms with E-state index in [2.05, 4.69) is 5.32 Å². The summed E-state index contributed by atoms with van der Waals surface area (Å²) in [6, 6.07) is 14.5. The zero-order chi connectivity index (χ0) is 21.1. The average Bonchev–Trinajstić information content (AvgIpc) is 2.72. The number of amides is 2. The molecule has 1 saturated carbocycles. The Morgan fingerprint density at radius 1 is 1.10 bits per heavy atom. The number of likely N-dealkylation sites (tertiary alicyclic amines) is 1. The highest BCUT2D eigenvalue weighted by Gasteiger charge is 2.43. The molecule has 2 amide bonds. The monoisotopic (exact) mass is 408 g/mol. The zero-order valence-electron chi connectivity index (χ0n) is 17.5.